The van der Waals surface area contributed by atoms with E-state index in [2.05, 4.69) is 40.0 Å². The number of ether oxygens (including phenoxy) is 1. The Morgan fingerprint density at radius 1 is 1.24 bits per heavy atom. The molecular formula is C20H30BrN3O. The average Bonchev–Trinajstić information content (AvgIpc) is 2.62. The summed E-state index contributed by atoms with van der Waals surface area (Å²) >= 11 is 3.52. The zero-order chi connectivity index (χ0) is 18.3. The van der Waals surface area contributed by atoms with Crippen molar-refractivity contribution in [1.29, 1.82) is 0 Å². The molecule has 1 aliphatic rings. The number of allylic oxidation sites excluding steroid dienone is 2. The van der Waals surface area contributed by atoms with Crippen LogP contribution in [0.15, 0.2) is 52.5 Å². The second-order valence-corrected chi connectivity index (χ2v) is 7.75. The lowest BCUT2D eigenvalue weighted by atomic mass is 9.80. The molecule has 0 spiro atoms. The Balaban J connectivity index is 1.64. The van der Waals surface area contributed by atoms with E-state index in [1.54, 1.807) is 0 Å². The molecule has 1 aromatic carbocycles. The Morgan fingerprint density at radius 2 is 1.96 bits per heavy atom. The van der Waals surface area contributed by atoms with Gasteiger partial charge in [0, 0.05) is 23.7 Å². The van der Waals surface area contributed by atoms with Crippen molar-refractivity contribution in [2.75, 3.05) is 26.7 Å². The van der Waals surface area contributed by atoms with Crippen LogP contribution in [0.2, 0.25) is 0 Å². The van der Waals surface area contributed by atoms with E-state index in [1.807, 2.05) is 37.3 Å². The summed E-state index contributed by atoms with van der Waals surface area (Å²) in [6.45, 7) is 5.38. The van der Waals surface area contributed by atoms with Gasteiger partial charge < -0.3 is 21.1 Å². The number of rotatable bonds is 9. The Kier molecular flexibility index (Phi) is 7.84. The van der Waals surface area contributed by atoms with Crippen LogP contribution < -0.4 is 11.5 Å². The van der Waals surface area contributed by atoms with E-state index in [0.29, 0.717) is 6.61 Å². The second kappa shape index (κ2) is 9.64. The van der Waals surface area contributed by atoms with Gasteiger partial charge in [-0.15, -0.1) is 0 Å². The van der Waals surface area contributed by atoms with Gasteiger partial charge in [-0.1, -0.05) is 58.4 Å². The summed E-state index contributed by atoms with van der Waals surface area (Å²) in [6, 6.07) is 10.1. The van der Waals surface area contributed by atoms with Crippen LogP contribution in [0.4, 0.5) is 0 Å². The summed E-state index contributed by atoms with van der Waals surface area (Å²) in [7, 11) is 2.12. The van der Waals surface area contributed by atoms with Gasteiger partial charge in [0.05, 0.1) is 12.1 Å². The topological polar surface area (TPSA) is 64.5 Å². The minimum absolute atomic E-state index is 0.144. The monoisotopic (exact) mass is 407 g/mol. The predicted octanol–water partition coefficient (Wildman–Crippen LogP) is 3.18. The summed E-state index contributed by atoms with van der Waals surface area (Å²) in [5, 5.41) is 0. The molecule has 4 N–H and O–H groups in total. The highest BCUT2D eigenvalue weighted by molar-refractivity contribution is 9.11. The quantitative estimate of drug-likeness (QED) is 0.616. The molecule has 4 nitrogen and oxygen atoms in total. The molecule has 0 aliphatic heterocycles. The molecule has 2 atom stereocenters. The van der Waals surface area contributed by atoms with Gasteiger partial charge >= 0.3 is 0 Å². The molecule has 138 valence electrons. The normalized spacial score (nSPS) is 23.5. The molecule has 0 bridgehead atoms. The minimum atomic E-state index is -0.473. The minimum Gasteiger partial charge on any atom is -0.377 e. The SMILES string of the molecule is CC1=C(Br)C=CC(N)(CCN(C)CCCOCc2ccccc2)C1N. The lowest BCUT2D eigenvalue weighted by Crippen LogP contribution is -2.56. The van der Waals surface area contributed by atoms with Gasteiger partial charge in [-0.3, -0.25) is 0 Å². The van der Waals surface area contributed by atoms with Crippen LogP contribution in [0.25, 0.3) is 0 Å². The van der Waals surface area contributed by atoms with E-state index in [-0.39, 0.29) is 6.04 Å². The van der Waals surface area contributed by atoms with Gasteiger partial charge in [0.2, 0.25) is 0 Å². The highest BCUT2D eigenvalue weighted by atomic mass is 79.9. The number of nitrogens with two attached hydrogens (primary N) is 2. The van der Waals surface area contributed by atoms with E-state index < -0.39 is 5.54 Å². The molecule has 0 aromatic heterocycles. The standard InChI is InChI=1S/C20H30BrN3O/c1-16-18(21)9-10-20(23,19(16)22)11-13-24(2)12-6-14-25-15-17-7-4-3-5-8-17/h3-5,7-10,19H,6,11-15,22-23H2,1-2H3. The Morgan fingerprint density at radius 3 is 2.68 bits per heavy atom. The first kappa shape index (κ1) is 20.3. The molecule has 1 aliphatic carbocycles. The molecule has 2 unspecified atom stereocenters. The molecule has 1 aromatic rings. The summed E-state index contributed by atoms with van der Waals surface area (Å²) in [4.78, 5) is 2.30. The van der Waals surface area contributed by atoms with Crippen LogP contribution in [-0.4, -0.2) is 43.2 Å². The zero-order valence-corrected chi connectivity index (χ0v) is 16.8. The maximum atomic E-state index is 6.53. The summed E-state index contributed by atoms with van der Waals surface area (Å²) in [5.41, 5.74) is 14.7. The first-order valence-corrected chi connectivity index (χ1v) is 9.62. The molecule has 5 heteroatoms. The highest BCUT2D eigenvalue weighted by Gasteiger charge is 2.34. The van der Waals surface area contributed by atoms with E-state index in [4.69, 9.17) is 16.2 Å². The van der Waals surface area contributed by atoms with Crippen molar-refractivity contribution < 1.29 is 4.74 Å². The van der Waals surface area contributed by atoms with E-state index in [9.17, 15) is 0 Å². The molecule has 2 rings (SSSR count). The third-order valence-electron chi connectivity index (χ3n) is 4.83. The number of nitrogens with zero attached hydrogens (tertiary/aromatic N) is 1. The Bertz CT molecular complexity index is 602. The van der Waals surface area contributed by atoms with Gasteiger partial charge in [-0.05, 0) is 44.5 Å². The van der Waals surface area contributed by atoms with Crippen LogP contribution in [0.5, 0.6) is 0 Å². The van der Waals surface area contributed by atoms with Crippen LogP contribution in [0.1, 0.15) is 25.3 Å². The van der Waals surface area contributed by atoms with Crippen molar-refractivity contribution in [2.24, 2.45) is 11.5 Å². The molecule has 0 fully saturated rings. The smallest absolute Gasteiger partial charge is 0.0716 e. The third kappa shape index (κ3) is 6.04. The fraction of sp³-hybridized carbons (Fsp3) is 0.500. The Hall–Kier alpha value is -0.980. The Labute approximate surface area is 160 Å². The van der Waals surface area contributed by atoms with Crippen LogP contribution >= 0.6 is 15.9 Å². The fourth-order valence-corrected chi connectivity index (χ4v) is 3.33. The predicted molar refractivity (Wildman–Crippen MR) is 108 cm³/mol. The zero-order valence-electron chi connectivity index (χ0n) is 15.2. The van der Waals surface area contributed by atoms with Crippen molar-refractivity contribution in [3.63, 3.8) is 0 Å². The number of halogens is 1. The van der Waals surface area contributed by atoms with Crippen LogP contribution in [0, 0.1) is 0 Å². The third-order valence-corrected chi connectivity index (χ3v) is 5.72. The van der Waals surface area contributed by atoms with Crippen molar-refractivity contribution in [1.82, 2.24) is 4.90 Å². The average molecular weight is 408 g/mol. The first-order valence-electron chi connectivity index (χ1n) is 8.82. The molecule has 0 amide bonds. The molecule has 25 heavy (non-hydrogen) atoms. The largest absolute Gasteiger partial charge is 0.377 e. The van der Waals surface area contributed by atoms with E-state index >= 15 is 0 Å². The number of hydrogen-bond acceptors (Lipinski definition) is 4. The van der Waals surface area contributed by atoms with Crippen molar-refractivity contribution in [3.05, 3.63) is 58.1 Å². The van der Waals surface area contributed by atoms with E-state index in [1.165, 1.54) is 5.56 Å². The molecule has 0 heterocycles. The number of benzene rings is 1. The lowest BCUT2D eigenvalue weighted by Gasteiger charge is -2.37. The van der Waals surface area contributed by atoms with Crippen LogP contribution in [-0.2, 0) is 11.3 Å². The highest BCUT2D eigenvalue weighted by Crippen LogP contribution is 2.29. The first-order chi connectivity index (χ1) is 11.9. The van der Waals surface area contributed by atoms with Crippen molar-refractivity contribution in [2.45, 2.75) is 38.0 Å². The number of hydrogen-bond donors (Lipinski definition) is 2. The van der Waals surface area contributed by atoms with Gasteiger partial charge in [0.25, 0.3) is 0 Å². The van der Waals surface area contributed by atoms with Gasteiger partial charge in [-0.25, -0.2) is 0 Å². The van der Waals surface area contributed by atoms with Gasteiger partial charge in [0.15, 0.2) is 0 Å². The lowest BCUT2D eigenvalue weighted by molar-refractivity contribution is 0.110. The maximum Gasteiger partial charge on any atom is 0.0716 e. The maximum absolute atomic E-state index is 6.53. The molecular weight excluding hydrogens is 378 g/mol. The van der Waals surface area contributed by atoms with Crippen molar-refractivity contribution in [3.8, 4) is 0 Å². The van der Waals surface area contributed by atoms with Crippen LogP contribution in [0.3, 0.4) is 0 Å². The molecule has 0 saturated heterocycles. The van der Waals surface area contributed by atoms with E-state index in [0.717, 1.165) is 42.6 Å². The van der Waals surface area contributed by atoms with Gasteiger partial charge in [0.1, 0.15) is 0 Å². The summed E-state index contributed by atoms with van der Waals surface area (Å²) in [5.74, 6) is 0. The summed E-state index contributed by atoms with van der Waals surface area (Å²) in [6.07, 6.45) is 5.90. The second-order valence-electron chi connectivity index (χ2n) is 6.90. The molecule has 0 saturated carbocycles. The van der Waals surface area contributed by atoms with Gasteiger partial charge in [-0.2, -0.15) is 0 Å². The molecule has 0 radical (unpaired) electrons. The van der Waals surface area contributed by atoms with Crippen molar-refractivity contribution >= 4 is 15.9 Å². The fourth-order valence-electron chi connectivity index (χ4n) is 2.95. The summed E-state index contributed by atoms with van der Waals surface area (Å²) < 4.78 is 6.78.